The van der Waals surface area contributed by atoms with E-state index in [1.165, 1.54) is 0 Å². The van der Waals surface area contributed by atoms with Crippen LogP contribution >= 0.6 is 0 Å². The molecule has 3 aromatic carbocycles. The zero-order chi connectivity index (χ0) is 22.9. The third-order valence-electron chi connectivity index (χ3n) is 5.51. The van der Waals surface area contributed by atoms with Crippen LogP contribution in [-0.4, -0.2) is 35.9 Å². The lowest BCUT2D eigenvalue weighted by Gasteiger charge is -2.16. The van der Waals surface area contributed by atoms with Crippen LogP contribution in [-0.2, 0) is 4.79 Å². The van der Waals surface area contributed by atoms with Crippen LogP contribution in [0.15, 0.2) is 77.4 Å². The van der Waals surface area contributed by atoms with E-state index >= 15 is 0 Å². The number of para-hydroxylation sites is 2. The van der Waals surface area contributed by atoms with Crippen LogP contribution in [0.1, 0.15) is 12.5 Å². The second-order valence-electron chi connectivity index (χ2n) is 7.60. The number of hydrogen-bond acceptors (Lipinski definition) is 5. The van der Waals surface area contributed by atoms with Crippen LogP contribution in [0.4, 0.5) is 5.69 Å². The fraction of sp³-hybridized carbons (Fsp3) is 0.115. The molecule has 164 valence electrons. The van der Waals surface area contributed by atoms with Gasteiger partial charge in [-0.25, -0.2) is 9.98 Å². The second-order valence-corrected chi connectivity index (χ2v) is 7.60. The molecule has 0 fully saturated rings. The summed E-state index contributed by atoms with van der Waals surface area (Å²) in [6, 6.07) is 21.1. The Kier molecular flexibility index (Phi) is 5.14. The third-order valence-corrected chi connectivity index (χ3v) is 5.51. The molecule has 33 heavy (non-hydrogen) atoms. The SMILES string of the molecule is COc1ccc(/C=C2\N=C(C)N(c3cccc(-c4nc5ccccc5[nH]4)c3)C2=O)cc1OC. The number of H-pyrrole nitrogens is 1. The lowest BCUT2D eigenvalue weighted by molar-refractivity contribution is -0.113. The van der Waals surface area contributed by atoms with E-state index in [1.54, 1.807) is 31.3 Å². The summed E-state index contributed by atoms with van der Waals surface area (Å²) < 4.78 is 10.6. The first-order valence-electron chi connectivity index (χ1n) is 10.5. The lowest BCUT2D eigenvalue weighted by atomic mass is 10.1. The Labute approximate surface area is 191 Å². The van der Waals surface area contributed by atoms with E-state index in [9.17, 15) is 4.79 Å². The first-order chi connectivity index (χ1) is 16.1. The van der Waals surface area contributed by atoms with Crippen molar-refractivity contribution in [3.8, 4) is 22.9 Å². The Morgan fingerprint density at radius 1 is 0.939 bits per heavy atom. The molecule has 0 bridgehead atoms. The van der Waals surface area contributed by atoms with Crippen LogP contribution in [0.25, 0.3) is 28.5 Å². The van der Waals surface area contributed by atoms with Gasteiger partial charge in [0.25, 0.3) is 5.91 Å². The largest absolute Gasteiger partial charge is 0.493 e. The number of anilines is 1. The van der Waals surface area contributed by atoms with Gasteiger partial charge in [0.1, 0.15) is 17.4 Å². The number of imidazole rings is 1. The van der Waals surface area contributed by atoms with E-state index in [2.05, 4.69) is 15.0 Å². The highest BCUT2D eigenvalue weighted by atomic mass is 16.5. The van der Waals surface area contributed by atoms with Crippen molar-refractivity contribution in [2.24, 2.45) is 4.99 Å². The zero-order valence-corrected chi connectivity index (χ0v) is 18.5. The Hall–Kier alpha value is -4.39. The molecule has 1 aromatic heterocycles. The number of aliphatic imine (C=N–C) groups is 1. The Bertz CT molecular complexity index is 1400. The highest BCUT2D eigenvalue weighted by molar-refractivity contribution is 6.28. The molecule has 1 aliphatic rings. The predicted molar refractivity (Wildman–Crippen MR) is 130 cm³/mol. The molecule has 0 atom stereocenters. The van der Waals surface area contributed by atoms with E-state index in [4.69, 9.17) is 9.47 Å². The normalized spacial score (nSPS) is 14.8. The number of aromatic amines is 1. The van der Waals surface area contributed by atoms with Gasteiger partial charge in [-0.2, -0.15) is 0 Å². The number of hydrogen-bond donors (Lipinski definition) is 1. The topological polar surface area (TPSA) is 79.8 Å². The van der Waals surface area contributed by atoms with Gasteiger partial charge in [0, 0.05) is 5.56 Å². The number of benzene rings is 3. The first-order valence-corrected chi connectivity index (χ1v) is 10.5. The van der Waals surface area contributed by atoms with Crippen LogP contribution in [0.2, 0.25) is 0 Å². The van der Waals surface area contributed by atoms with E-state index in [0.717, 1.165) is 33.7 Å². The van der Waals surface area contributed by atoms with Crippen LogP contribution in [0.3, 0.4) is 0 Å². The second kappa shape index (κ2) is 8.27. The number of carbonyl (C=O) groups excluding carboxylic acids is 1. The molecule has 7 nitrogen and oxygen atoms in total. The minimum absolute atomic E-state index is 0.191. The van der Waals surface area contributed by atoms with Gasteiger partial charge in [-0.1, -0.05) is 30.3 Å². The molecule has 5 rings (SSSR count). The molecule has 4 aromatic rings. The predicted octanol–water partition coefficient (Wildman–Crippen LogP) is 5.05. The number of amidine groups is 1. The highest BCUT2D eigenvalue weighted by Gasteiger charge is 2.29. The van der Waals surface area contributed by atoms with Crippen molar-refractivity contribution in [1.82, 2.24) is 9.97 Å². The molecule has 0 saturated carbocycles. The zero-order valence-electron chi connectivity index (χ0n) is 18.5. The minimum atomic E-state index is -0.191. The first kappa shape index (κ1) is 20.5. The average Bonchev–Trinajstić information content (AvgIpc) is 3.39. The van der Waals surface area contributed by atoms with Gasteiger partial charge >= 0.3 is 0 Å². The molecule has 2 heterocycles. The van der Waals surface area contributed by atoms with E-state index in [1.807, 2.05) is 67.6 Å². The van der Waals surface area contributed by atoms with Gasteiger partial charge < -0.3 is 14.5 Å². The number of methoxy groups -OCH3 is 2. The molecular formula is C26H22N4O3. The standard InChI is InChI=1S/C26H22N4O3/c1-16-27-22(13-17-11-12-23(32-2)24(14-17)33-3)26(31)30(16)19-8-6-7-18(15-19)25-28-20-9-4-5-10-21(20)29-25/h4-15H,1-3H3,(H,28,29)/b22-13-. The van der Waals surface area contributed by atoms with E-state index in [-0.39, 0.29) is 5.91 Å². The van der Waals surface area contributed by atoms with Crippen molar-refractivity contribution in [3.05, 3.63) is 78.0 Å². The van der Waals surface area contributed by atoms with Gasteiger partial charge in [0.15, 0.2) is 11.5 Å². The van der Waals surface area contributed by atoms with Gasteiger partial charge in [0.05, 0.1) is 30.9 Å². The van der Waals surface area contributed by atoms with Crippen molar-refractivity contribution >= 4 is 34.5 Å². The maximum atomic E-state index is 13.3. The maximum absolute atomic E-state index is 13.3. The van der Waals surface area contributed by atoms with Crippen molar-refractivity contribution in [2.45, 2.75) is 6.92 Å². The summed E-state index contributed by atoms with van der Waals surface area (Å²) in [4.78, 5) is 27.4. The monoisotopic (exact) mass is 438 g/mol. The van der Waals surface area contributed by atoms with Crippen molar-refractivity contribution in [3.63, 3.8) is 0 Å². The summed E-state index contributed by atoms with van der Waals surface area (Å²) in [5.41, 5.74) is 4.64. The maximum Gasteiger partial charge on any atom is 0.282 e. The summed E-state index contributed by atoms with van der Waals surface area (Å²) in [6.07, 6.45) is 1.75. The highest BCUT2D eigenvalue weighted by Crippen LogP contribution is 2.31. The van der Waals surface area contributed by atoms with Crippen LogP contribution in [0, 0.1) is 0 Å². The Morgan fingerprint density at radius 2 is 1.76 bits per heavy atom. The summed E-state index contributed by atoms with van der Waals surface area (Å²) in [6.45, 7) is 1.82. The fourth-order valence-electron chi connectivity index (χ4n) is 3.91. The summed E-state index contributed by atoms with van der Waals surface area (Å²) in [7, 11) is 3.16. The molecule has 7 heteroatoms. The molecular weight excluding hydrogens is 416 g/mol. The van der Waals surface area contributed by atoms with Crippen molar-refractivity contribution < 1.29 is 14.3 Å². The summed E-state index contributed by atoms with van der Waals surface area (Å²) in [5.74, 6) is 2.38. The molecule has 0 saturated heterocycles. The van der Waals surface area contributed by atoms with Crippen LogP contribution in [0.5, 0.6) is 11.5 Å². The van der Waals surface area contributed by atoms with Gasteiger partial charge in [-0.15, -0.1) is 0 Å². The fourth-order valence-corrected chi connectivity index (χ4v) is 3.91. The van der Waals surface area contributed by atoms with Crippen molar-refractivity contribution in [2.75, 3.05) is 19.1 Å². The van der Waals surface area contributed by atoms with Gasteiger partial charge in [-0.05, 0) is 55.0 Å². The molecule has 0 unspecified atom stereocenters. The molecule has 1 N–H and O–H groups in total. The molecule has 0 aliphatic carbocycles. The summed E-state index contributed by atoms with van der Waals surface area (Å²) in [5, 5.41) is 0. The van der Waals surface area contributed by atoms with Crippen molar-refractivity contribution in [1.29, 1.82) is 0 Å². The molecule has 0 radical (unpaired) electrons. The number of nitrogens with zero attached hydrogens (tertiary/aromatic N) is 3. The van der Waals surface area contributed by atoms with E-state index in [0.29, 0.717) is 23.0 Å². The number of nitrogens with one attached hydrogen (secondary N) is 1. The number of ether oxygens (including phenoxy) is 2. The number of aromatic nitrogens is 2. The number of rotatable bonds is 5. The number of carbonyl (C=O) groups is 1. The summed E-state index contributed by atoms with van der Waals surface area (Å²) >= 11 is 0. The third kappa shape index (κ3) is 3.74. The van der Waals surface area contributed by atoms with Crippen LogP contribution < -0.4 is 14.4 Å². The smallest absolute Gasteiger partial charge is 0.282 e. The van der Waals surface area contributed by atoms with Gasteiger partial charge in [0.2, 0.25) is 0 Å². The quantitative estimate of drug-likeness (QED) is 0.442. The number of fused-ring (bicyclic) bond motifs is 1. The molecule has 1 aliphatic heterocycles. The molecule has 1 amide bonds. The minimum Gasteiger partial charge on any atom is -0.493 e. The molecule has 0 spiro atoms. The number of amides is 1. The lowest BCUT2D eigenvalue weighted by Crippen LogP contribution is -2.30. The van der Waals surface area contributed by atoms with Gasteiger partial charge in [-0.3, -0.25) is 9.69 Å². The Morgan fingerprint density at radius 3 is 2.55 bits per heavy atom. The Balaban J connectivity index is 1.46. The van der Waals surface area contributed by atoms with E-state index < -0.39 is 0 Å². The average molecular weight is 438 g/mol.